The van der Waals surface area contributed by atoms with Gasteiger partial charge in [-0.3, -0.25) is 19.7 Å². The lowest BCUT2D eigenvalue weighted by atomic mass is 9.75. The van der Waals surface area contributed by atoms with Crippen molar-refractivity contribution in [2.75, 3.05) is 31.1 Å². The highest BCUT2D eigenvalue weighted by molar-refractivity contribution is 6.30. The van der Waals surface area contributed by atoms with Crippen LogP contribution in [0.4, 0.5) is 10.5 Å². The molecule has 2 saturated heterocycles. The fourth-order valence-corrected chi connectivity index (χ4v) is 6.68. The van der Waals surface area contributed by atoms with Crippen LogP contribution in [-0.2, 0) is 22.6 Å². The molecule has 9 nitrogen and oxygen atoms in total. The van der Waals surface area contributed by atoms with E-state index >= 15 is 0 Å². The average molecular weight is 555 g/mol. The number of ether oxygens (including phenoxy) is 1. The van der Waals surface area contributed by atoms with Crippen LogP contribution in [0.5, 0.6) is 5.75 Å². The minimum atomic E-state index is -1.52. The number of aryl methyl sites for hydroxylation is 1. The Morgan fingerprint density at radius 3 is 2.41 bits per heavy atom. The monoisotopic (exact) mass is 554 g/mol. The van der Waals surface area contributed by atoms with Crippen LogP contribution in [-0.4, -0.2) is 53.6 Å². The standard InChI is InChI=1S/C32H34N4O5/c1-3-41-26-13-11-25(12-14-26)36-30(39)32(29(38)33-31(36)40,16-22-9-7-21(2)8-10-22)20-34-17-23-15-24(19-34)27-5-4-6-28(37)35(27)18-23/h4-14,23-24H,3,15-20H2,1-2H3,(H,33,38,40)/t23-,24+,32+/m0/s1. The number of pyridine rings is 1. The van der Waals surface area contributed by atoms with Gasteiger partial charge in [-0.1, -0.05) is 35.9 Å². The number of likely N-dealkylation sites (tertiary alicyclic amines) is 1. The summed E-state index contributed by atoms with van der Waals surface area (Å²) in [5, 5.41) is 2.51. The maximum absolute atomic E-state index is 14.5. The molecule has 0 saturated carbocycles. The molecule has 9 heteroatoms. The number of carbonyl (C=O) groups excluding carboxylic acids is 3. The van der Waals surface area contributed by atoms with Crippen molar-refractivity contribution in [1.29, 1.82) is 0 Å². The summed E-state index contributed by atoms with van der Waals surface area (Å²) in [6, 6.07) is 19.2. The summed E-state index contributed by atoms with van der Waals surface area (Å²) in [4.78, 5) is 57.2. The molecule has 3 aliphatic rings. The number of benzene rings is 2. The molecule has 6 rings (SSSR count). The van der Waals surface area contributed by atoms with E-state index in [1.165, 1.54) is 0 Å². The number of hydrogen-bond donors (Lipinski definition) is 1. The predicted octanol–water partition coefficient (Wildman–Crippen LogP) is 3.49. The van der Waals surface area contributed by atoms with Crippen LogP contribution in [0.2, 0.25) is 0 Å². The number of hydrogen-bond acceptors (Lipinski definition) is 6. The first-order valence-electron chi connectivity index (χ1n) is 14.2. The molecule has 4 amide bonds. The molecule has 3 atom stereocenters. The van der Waals surface area contributed by atoms with Gasteiger partial charge in [0.25, 0.3) is 11.5 Å². The molecule has 4 heterocycles. The number of imide groups is 2. The Balaban J connectivity index is 1.36. The third-order valence-electron chi connectivity index (χ3n) is 8.55. The van der Waals surface area contributed by atoms with Gasteiger partial charge in [0.15, 0.2) is 0 Å². The quantitative estimate of drug-likeness (QED) is 0.449. The summed E-state index contributed by atoms with van der Waals surface area (Å²) in [5.41, 5.74) is 1.77. The van der Waals surface area contributed by atoms with Crippen molar-refractivity contribution in [3.63, 3.8) is 0 Å². The van der Waals surface area contributed by atoms with Gasteiger partial charge in [0.2, 0.25) is 5.91 Å². The zero-order valence-corrected chi connectivity index (χ0v) is 23.3. The van der Waals surface area contributed by atoms with Gasteiger partial charge in [-0.15, -0.1) is 0 Å². The summed E-state index contributed by atoms with van der Waals surface area (Å²) in [6.45, 7) is 6.41. The van der Waals surface area contributed by atoms with E-state index in [1.807, 2.05) is 48.7 Å². The van der Waals surface area contributed by atoms with Gasteiger partial charge in [-0.2, -0.15) is 0 Å². The fraction of sp³-hybridized carbons (Fsp3) is 0.375. The molecule has 212 valence electrons. The summed E-state index contributed by atoms with van der Waals surface area (Å²) in [7, 11) is 0. The number of nitrogens with one attached hydrogen (secondary N) is 1. The zero-order chi connectivity index (χ0) is 28.7. The molecule has 3 aromatic rings. The van der Waals surface area contributed by atoms with Gasteiger partial charge in [-0.05, 0) is 68.5 Å². The van der Waals surface area contributed by atoms with Gasteiger partial charge in [0.05, 0.1) is 12.3 Å². The third-order valence-corrected chi connectivity index (χ3v) is 8.55. The summed E-state index contributed by atoms with van der Waals surface area (Å²) >= 11 is 0. The van der Waals surface area contributed by atoms with Crippen LogP contribution >= 0.6 is 0 Å². The van der Waals surface area contributed by atoms with Crippen molar-refractivity contribution in [3.05, 3.63) is 93.9 Å². The van der Waals surface area contributed by atoms with Crippen LogP contribution in [0.1, 0.15) is 36.1 Å². The Hall–Kier alpha value is -4.24. The number of piperidine rings is 1. The minimum absolute atomic E-state index is 0.00726. The van der Waals surface area contributed by atoms with Gasteiger partial charge < -0.3 is 14.2 Å². The van der Waals surface area contributed by atoms with E-state index in [1.54, 1.807) is 36.4 Å². The normalized spacial score (nSPS) is 24.1. The molecule has 2 bridgehead atoms. The number of amides is 4. The molecule has 0 spiro atoms. The van der Waals surface area contributed by atoms with E-state index in [9.17, 15) is 19.2 Å². The van der Waals surface area contributed by atoms with Crippen LogP contribution in [0, 0.1) is 18.3 Å². The minimum Gasteiger partial charge on any atom is -0.494 e. The summed E-state index contributed by atoms with van der Waals surface area (Å²) in [5.74, 6) is -0.143. The topological polar surface area (TPSA) is 101 Å². The van der Waals surface area contributed by atoms with Crippen molar-refractivity contribution < 1.29 is 19.1 Å². The second-order valence-electron chi connectivity index (χ2n) is 11.5. The van der Waals surface area contributed by atoms with Gasteiger partial charge in [0, 0.05) is 43.9 Å². The van der Waals surface area contributed by atoms with Crippen LogP contribution < -0.4 is 20.5 Å². The number of rotatable bonds is 7. The maximum Gasteiger partial charge on any atom is 0.335 e. The second kappa shape index (κ2) is 10.6. The predicted molar refractivity (Wildman–Crippen MR) is 154 cm³/mol. The molecular weight excluding hydrogens is 520 g/mol. The molecule has 0 aliphatic carbocycles. The van der Waals surface area contributed by atoms with Gasteiger partial charge in [-0.25, -0.2) is 9.69 Å². The fourth-order valence-electron chi connectivity index (χ4n) is 6.68. The first-order valence-corrected chi connectivity index (χ1v) is 14.2. The second-order valence-corrected chi connectivity index (χ2v) is 11.5. The SMILES string of the molecule is CCOc1ccc(N2C(=O)NC(=O)[C@@](Cc3ccc(C)cc3)(CN3C[C@@H]4C[C@H](C3)c3cccc(=O)n3C4)C2=O)cc1. The first-order chi connectivity index (χ1) is 19.8. The molecule has 1 N–H and O–H groups in total. The van der Waals surface area contributed by atoms with Crippen LogP contribution in [0.15, 0.2) is 71.5 Å². The number of fused-ring (bicyclic) bond motifs is 4. The van der Waals surface area contributed by atoms with Crippen molar-refractivity contribution in [2.45, 2.75) is 39.2 Å². The maximum atomic E-state index is 14.5. The highest BCUT2D eigenvalue weighted by Crippen LogP contribution is 2.39. The van der Waals surface area contributed by atoms with E-state index in [0.717, 1.165) is 28.1 Å². The molecule has 41 heavy (non-hydrogen) atoms. The number of barbiturate groups is 1. The molecule has 0 radical (unpaired) electrons. The lowest BCUT2D eigenvalue weighted by Crippen LogP contribution is -2.68. The Morgan fingerprint density at radius 2 is 1.68 bits per heavy atom. The Labute approximate surface area is 238 Å². The van der Waals surface area contributed by atoms with Crippen LogP contribution in [0.25, 0.3) is 0 Å². The van der Waals surface area contributed by atoms with E-state index < -0.39 is 23.3 Å². The number of aromatic nitrogens is 1. The van der Waals surface area contributed by atoms with Crippen molar-refractivity contribution in [1.82, 2.24) is 14.8 Å². The van der Waals surface area contributed by atoms with E-state index in [0.29, 0.717) is 37.7 Å². The smallest absolute Gasteiger partial charge is 0.335 e. The largest absolute Gasteiger partial charge is 0.494 e. The van der Waals surface area contributed by atoms with Crippen molar-refractivity contribution >= 4 is 23.5 Å². The lowest BCUT2D eigenvalue weighted by Gasteiger charge is -2.47. The first kappa shape index (κ1) is 27.0. The number of carbonyl (C=O) groups is 3. The Morgan fingerprint density at radius 1 is 0.927 bits per heavy atom. The van der Waals surface area contributed by atoms with Crippen molar-refractivity contribution in [3.8, 4) is 5.75 Å². The van der Waals surface area contributed by atoms with E-state index in [-0.39, 0.29) is 30.4 Å². The molecular formula is C32H34N4O5. The molecule has 2 aromatic carbocycles. The van der Waals surface area contributed by atoms with Crippen molar-refractivity contribution in [2.24, 2.45) is 11.3 Å². The van der Waals surface area contributed by atoms with Gasteiger partial charge in [0.1, 0.15) is 11.2 Å². The highest BCUT2D eigenvalue weighted by atomic mass is 16.5. The molecule has 1 aromatic heterocycles. The molecule has 2 fully saturated rings. The Kier molecular flexibility index (Phi) is 6.99. The zero-order valence-electron chi connectivity index (χ0n) is 23.3. The summed E-state index contributed by atoms with van der Waals surface area (Å²) < 4.78 is 7.40. The van der Waals surface area contributed by atoms with Gasteiger partial charge >= 0.3 is 6.03 Å². The third kappa shape index (κ3) is 4.95. The summed E-state index contributed by atoms with van der Waals surface area (Å²) in [6.07, 6.45) is 1.11. The highest BCUT2D eigenvalue weighted by Gasteiger charge is 2.55. The van der Waals surface area contributed by atoms with E-state index in [2.05, 4.69) is 10.2 Å². The number of urea groups is 1. The van der Waals surface area contributed by atoms with E-state index in [4.69, 9.17) is 4.74 Å². The van der Waals surface area contributed by atoms with Crippen LogP contribution in [0.3, 0.4) is 0 Å². The Bertz CT molecular complexity index is 1550. The average Bonchev–Trinajstić information content (AvgIpc) is 2.95. The molecule has 0 unspecified atom stereocenters. The number of anilines is 1. The molecule has 3 aliphatic heterocycles. The number of nitrogens with zero attached hydrogens (tertiary/aromatic N) is 3. The lowest BCUT2D eigenvalue weighted by molar-refractivity contribution is -0.144.